The fourth-order valence-corrected chi connectivity index (χ4v) is 3.87. The number of carbonyl (C=O) groups excluding carboxylic acids is 1. The van der Waals surface area contributed by atoms with E-state index in [-0.39, 0.29) is 16.1 Å². The van der Waals surface area contributed by atoms with E-state index in [0.717, 1.165) is 35.9 Å². The molecule has 8 heteroatoms. The fourth-order valence-electron chi connectivity index (χ4n) is 2.96. The SMILES string of the molecule is CN(C)S(=O)(=O)c1ccc(C(=O)Nc2cc(N3CCCC3)ccc2F)cc1. The summed E-state index contributed by atoms with van der Waals surface area (Å²) < 4.78 is 39.4. The first-order valence-electron chi connectivity index (χ1n) is 8.67. The maximum absolute atomic E-state index is 14.1. The number of nitrogens with one attached hydrogen (secondary N) is 1. The molecule has 2 aromatic carbocycles. The average molecular weight is 391 g/mol. The monoisotopic (exact) mass is 391 g/mol. The second-order valence-corrected chi connectivity index (χ2v) is 8.78. The molecule has 0 saturated carbocycles. The van der Waals surface area contributed by atoms with Gasteiger partial charge in [-0.1, -0.05) is 0 Å². The zero-order valence-electron chi connectivity index (χ0n) is 15.3. The van der Waals surface area contributed by atoms with Crippen LogP contribution in [-0.2, 0) is 10.0 Å². The largest absolute Gasteiger partial charge is 0.371 e. The van der Waals surface area contributed by atoms with Crippen molar-refractivity contribution < 1.29 is 17.6 Å². The number of benzene rings is 2. The van der Waals surface area contributed by atoms with Crippen LogP contribution in [0.3, 0.4) is 0 Å². The summed E-state index contributed by atoms with van der Waals surface area (Å²) in [6.45, 7) is 1.83. The van der Waals surface area contributed by atoms with Crippen molar-refractivity contribution in [2.24, 2.45) is 0 Å². The van der Waals surface area contributed by atoms with Gasteiger partial charge in [-0.25, -0.2) is 17.1 Å². The van der Waals surface area contributed by atoms with Crippen molar-refractivity contribution in [3.63, 3.8) is 0 Å². The van der Waals surface area contributed by atoms with E-state index in [1.165, 1.54) is 44.4 Å². The molecule has 1 heterocycles. The molecule has 1 fully saturated rings. The van der Waals surface area contributed by atoms with E-state index in [1.54, 1.807) is 12.1 Å². The highest BCUT2D eigenvalue weighted by Gasteiger charge is 2.19. The maximum atomic E-state index is 14.1. The van der Waals surface area contributed by atoms with Crippen LogP contribution in [0.15, 0.2) is 47.4 Å². The summed E-state index contributed by atoms with van der Waals surface area (Å²) in [5.41, 5.74) is 1.23. The molecule has 2 aromatic rings. The molecule has 1 amide bonds. The lowest BCUT2D eigenvalue weighted by Crippen LogP contribution is -2.22. The number of nitrogens with zero attached hydrogens (tertiary/aromatic N) is 2. The Labute approximate surface area is 158 Å². The molecule has 27 heavy (non-hydrogen) atoms. The Morgan fingerprint density at radius 2 is 1.70 bits per heavy atom. The average Bonchev–Trinajstić information content (AvgIpc) is 3.18. The summed E-state index contributed by atoms with van der Waals surface area (Å²) in [5.74, 6) is -1.01. The van der Waals surface area contributed by atoms with Gasteiger partial charge in [0, 0.05) is 38.4 Å². The number of hydrogen-bond acceptors (Lipinski definition) is 4. The molecule has 1 saturated heterocycles. The van der Waals surface area contributed by atoms with E-state index in [2.05, 4.69) is 10.2 Å². The van der Waals surface area contributed by atoms with Crippen LogP contribution < -0.4 is 10.2 Å². The zero-order valence-corrected chi connectivity index (χ0v) is 16.1. The smallest absolute Gasteiger partial charge is 0.255 e. The van der Waals surface area contributed by atoms with Gasteiger partial charge in [0.05, 0.1) is 10.6 Å². The van der Waals surface area contributed by atoms with Crippen molar-refractivity contribution in [1.82, 2.24) is 4.31 Å². The van der Waals surface area contributed by atoms with Gasteiger partial charge in [0.2, 0.25) is 10.0 Å². The number of rotatable bonds is 5. The van der Waals surface area contributed by atoms with E-state index in [0.29, 0.717) is 0 Å². The van der Waals surface area contributed by atoms with Crippen molar-refractivity contribution in [3.8, 4) is 0 Å². The van der Waals surface area contributed by atoms with Gasteiger partial charge < -0.3 is 10.2 Å². The number of sulfonamides is 1. The molecule has 3 rings (SSSR count). The van der Waals surface area contributed by atoms with Gasteiger partial charge in [-0.2, -0.15) is 0 Å². The van der Waals surface area contributed by atoms with Crippen LogP contribution in [0.2, 0.25) is 0 Å². The van der Waals surface area contributed by atoms with Crippen LogP contribution in [0, 0.1) is 5.82 Å². The van der Waals surface area contributed by atoms with Crippen molar-refractivity contribution in [2.45, 2.75) is 17.7 Å². The molecule has 1 N–H and O–H groups in total. The van der Waals surface area contributed by atoms with Gasteiger partial charge in [0.25, 0.3) is 5.91 Å². The number of anilines is 2. The topological polar surface area (TPSA) is 69.7 Å². The molecule has 1 aliphatic rings. The lowest BCUT2D eigenvalue weighted by atomic mass is 10.2. The summed E-state index contributed by atoms with van der Waals surface area (Å²) in [6.07, 6.45) is 2.20. The summed E-state index contributed by atoms with van der Waals surface area (Å²) in [7, 11) is -0.691. The summed E-state index contributed by atoms with van der Waals surface area (Å²) in [5, 5.41) is 2.57. The van der Waals surface area contributed by atoms with Crippen LogP contribution in [0.5, 0.6) is 0 Å². The predicted molar refractivity (Wildman–Crippen MR) is 103 cm³/mol. The maximum Gasteiger partial charge on any atom is 0.255 e. The predicted octanol–water partition coefficient (Wildman–Crippen LogP) is 2.93. The zero-order chi connectivity index (χ0) is 19.6. The Hall–Kier alpha value is -2.45. The molecule has 0 atom stereocenters. The molecule has 0 spiro atoms. The van der Waals surface area contributed by atoms with Gasteiger partial charge in [-0.3, -0.25) is 4.79 Å². The van der Waals surface area contributed by atoms with Crippen LogP contribution in [-0.4, -0.2) is 45.8 Å². The number of hydrogen-bond donors (Lipinski definition) is 1. The third-order valence-corrected chi connectivity index (χ3v) is 6.39. The molecular formula is C19H22FN3O3S. The second-order valence-electron chi connectivity index (χ2n) is 6.62. The van der Waals surface area contributed by atoms with Crippen LogP contribution in [0.25, 0.3) is 0 Å². The molecule has 0 aliphatic carbocycles. The second kappa shape index (κ2) is 7.66. The first kappa shape index (κ1) is 19.3. The van der Waals surface area contributed by atoms with Gasteiger partial charge in [-0.05, 0) is 55.3 Å². The van der Waals surface area contributed by atoms with Crippen molar-refractivity contribution in [2.75, 3.05) is 37.4 Å². The minimum absolute atomic E-state index is 0.0891. The molecule has 144 valence electrons. The van der Waals surface area contributed by atoms with Gasteiger partial charge in [0.1, 0.15) is 5.82 Å². The Morgan fingerprint density at radius 1 is 1.07 bits per heavy atom. The normalized spacial score (nSPS) is 14.6. The lowest BCUT2D eigenvalue weighted by molar-refractivity contribution is 0.102. The van der Waals surface area contributed by atoms with E-state index < -0.39 is 21.7 Å². The van der Waals surface area contributed by atoms with Gasteiger partial charge in [0.15, 0.2) is 0 Å². The van der Waals surface area contributed by atoms with E-state index in [9.17, 15) is 17.6 Å². The highest BCUT2D eigenvalue weighted by molar-refractivity contribution is 7.89. The quantitative estimate of drug-likeness (QED) is 0.851. The highest BCUT2D eigenvalue weighted by Crippen LogP contribution is 2.26. The molecule has 0 radical (unpaired) electrons. The van der Waals surface area contributed by atoms with E-state index >= 15 is 0 Å². The molecule has 0 aromatic heterocycles. The number of carbonyl (C=O) groups is 1. The van der Waals surface area contributed by atoms with Gasteiger partial charge >= 0.3 is 0 Å². The van der Waals surface area contributed by atoms with Crippen LogP contribution in [0.1, 0.15) is 23.2 Å². The first-order chi connectivity index (χ1) is 12.8. The third kappa shape index (κ3) is 4.12. The van der Waals surface area contributed by atoms with Crippen LogP contribution >= 0.6 is 0 Å². The van der Waals surface area contributed by atoms with E-state index in [4.69, 9.17) is 0 Å². The standard InChI is InChI=1S/C19H22FN3O3S/c1-22(2)27(25,26)16-8-5-14(6-9-16)19(24)21-18-13-15(7-10-17(18)20)23-11-3-4-12-23/h5-10,13H,3-4,11-12H2,1-2H3,(H,21,24). The Kier molecular flexibility index (Phi) is 5.48. The summed E-state index contributed by atoms with van der Waals surface area (Å²) >= 11 is 0. The number of halogens is 1. The summed E-state index contributed by atoms with van der Waals surface area (Å²) in [6, 6.07) is 10.2. The Morgan fingerprint density at radius 3 is 2.30 bits per heavy atom. The minimum Gasteiger partial charge on any atom is -0.371 e. The molecule has 0 unspecified atom stereocenters. The first-order valence-corrected chi connectivity index (χ1v) is 10.1. The molecule has 0 bridgehead atoms. The Bertz CT molecular complexity index is 937. The molecular weight excluding hydrogens is 369 g/mol. The van der Waals surface area contributed by atoms with Crippen molar-refractivity contribution in [1.29, 1.82) is 0 Å². The van der Waals surface area contributed by atoms with Gasteiger partial charge in [-0.15, -0.1) is 0 Å². The summed E-state index contributed by atoms with van der Waals surface area (Å²) in [4.78, 5) is 14.7. The third-order valence-electron chi connectivity index (χ3n) is 4.56. The fraction of sp³-hybridized carbons (Fsp3) is 0.316. The van der Waals surface area contributed by atoms with E-state index in [1.807, 2.05) is 0 Å². The van der Waals surface area contributed by atoms with Crippen LogP contribution in [0.4, 0.5) is 15.8 Å². The molecule has 1 aliphatic heterocycles. The number of amides is 1. The Balaban J connectivity index is 1.78. The minimum atomic E-state index is -3.56. The molecule has 6 nitrogen and oxygen atoms in total. The van der Waals surface area contributed by atoms with Crippen molar-refractivity contribution >= 4 is 27.3 Å². The highest BCUT2D eigenvalue weighted by atomic mass is 32.2. The lowest BCUT2D eigenvalue weighted by Gasteiger charge is -2.19. The van der Waals surface area contributed by atoms with Crippen molar-refractivity contribution in [3.05, 3.63) is 53.8 Å².